The molecule has 0 aliphatic heterocycles. The van der Waals surface area contributed by atoms with E-state index in [1.807, 2.05) is 19.1 Å². The van der Waals surface area contributed by atoms with E-state index in [1.54, 1.807) is 0 Å². The van der Waals surface area contributed by atoms with Crippen molar-refractivity contribution in [3.63, 3.8) is 0 Å². The lowest BCUT2D eigenvalue weighted by Gasteiger charge is -2.32. The summed E-state index contributed by atoms with van der Waals surface area (Å²) in [5, 5.41) is 9.96. The van der Waals surface area contributed by atoms with E-state index >= 15 is 0 Å². The summed E-state index contributed by atoms with van der Waals surface area (Å²) in [5.74, 6) is 0.905. The van der Waals surface area contributed by atoms with Crippen molar-refractivity contribution in [2.24, 2.45) is 11.7 Å². The summed E-state index contributed by atoms with van der Waals surface area (Å²) in [5.41, 5.74) is 7.92. The Bertz CT molecular complexity index is 374. The first-order valence-corrected chi connectivity index (χ1v) is 6.13. The van der Waals surface area contributed by atoms with Gasteiger partial charge in [0, 0.05) is 16.1 Å². The van der Waals surface area contributed by atoms with E-state index in [2.05, 4.69) is 15.9 Å². The van der Waals surface area contributed by atoms with Crippen LogP contribution in [0.2, 0.25) is 0 Å². The van der Waals surface area contributed by atoms with Crippen molar-refractivity contribution in [2.75, 3.05) is 0 Å². The van der Waals surface area contributed by atoms with Crippen molar-refractivity contribution in [1.82, 2.24) is 0 Å². The Morgan fingerprint density at radius 2 is 2.13 bits per heavy atom. The second-order valence-corrected chi connectivity index (χ2v) is 5.29. The van der Waals surface area contributed by atoms with E-state index in [0.717, 1.165) is 15.6 Å². The van der Waals surface area contributed by atoms with Gasteiger partial charge in [0.1, 0.15) is 5.75 Å². The molecule has 3 heteroatoms. The lowest BCUT2D eigenvalue weighted by atomic mass is 9.77. The molecule has 82 valence electrons. The first-order valence-electron chi connectivity index (χ1n) is 5.34. The fourth-order valence-electron chi connectivity index (χ4n) is 2.07. The Labute approximate surface area is 98.6 Å². The van der Waals surface area contributed by atoms with Gasteiger partial charge in [-0.2, -0.15) is 0 Å². The van der Waals surface area contributed by atoms with Crippen LogP contribution in [0.4, 0.5) is 0 Å². The van der Waals surface area contributed by atoms with Crippen molar-refractivity contribution in [2.45, 2.75) is 32.2 Å². The normalized spacial score (nSPS) is 18.6. The minimum Gasteiger partial charge on any atom is -0.507 e. The number of hydrogen-bond donors (Lipinski definition) is 2. The molecule has 2 nitrogen and oxygen atoms in total. The van der Waals surface area contributed by atoms with Crippen LogP contribution >= 0.6 is 15.9 Å². The monoisotopic (exact) mass is 269 g/mol. The molecule has 1 aliphatic rings. The van der Waals surface area contributed by atoms with Crippen LogP contribution in [0.25, 0.3) is 0 Å². The van der Waals surface area contributed by atoms with E-state index in [4.69, 9.17) is 5.73 Å². The van der Waals surface area contributed by atoms with Gasteiger partial charge in [0.25, 0.3) is 0 Å². The van der Waals surface area contributed by atoms with Crippen LogP contribution in [0.15, 0.2) is 16.6 Å². The van der Waals surface area contributed by atoms with Crippen LogP contribution in [0, 0.1) is 12.8 Å². The zero-order chi connectivity index (χ0) is 11.0. The third kappa shape index (κ3) is 2.04. The number of aryl methyl sites for hydroxylation is 1. The lowest BCUT2D eigenvalue weighted by molar-refractivity contribution is 0.260. The molecule has 2 rings (SSSR count). The van der Waals surface area contributed by atoms with Crippen LogP contribution in [0.5, 0.6) is 5.75 Å². The highest BCUT2D eigenvalue weighted by Crippen LogP contribution is 2.40. The highest BCUT2D eigenvalue weighted by molar-refractivity contribution is 9.10. The molecule has 0 spiro atoms. The molecule has 1 aromatic rings. The summed E-state index contributed by atoms with van der Waals surface area (Å²) < 4.78 is 0.988. The Hall–Kier alpha value is -0.540. The average Bonchev–Trinajstić information content (AvgIpc) is 2.08. The highest BCUT2D eigenvalue weighted by atomic mass is 79.9. The lowest BCUT2D eigenvalue weighted by Crippen LogP contribution is -2.27. The summed E-state index contributed by atoms with van der Waals surface area (Å²) in [6, 6.07) is 3.83. The van der Waals surface area contributed by atoms with Gasteiger partial charge >= 0.3 is 0 Å². The molecule has 0 unspecified atom stereocenters. The molecule has 3 N–H and O–H groups in total. The van der Waals surface area contributed by atoms with Crippen molar-refractivity contribution in [3.05, 3.63) is 27.7 Å². The molecule has 0 aromatic heterocycles. The molecule has 1 aromatic carbocycles. The number of halogens is 1. The smallest absolute Gasteiger partial charge is 0.123 e. The van der Waals surface area contributed by atoms with Gasteiger partial charge in [-0.15, -0.1) is 0 Å². The Balaban J connectivity index is 2.33. The van der Waals surface area contributed by atoms with Crippen molar-refractivity contribution in [1.29, 1.82) is 0 Å². The van der Waals surface area contributed by atoms with Crippen LogP contribution < -0.4 is 5.73 Å². The molecule has 1 fully saturated rings. The topological polar surface area (TPSA) is 46.2 Å². The molecule has 0 bridgehead atoms. The van der Waals surface area contributed by atoms with Crippen molar-refractivity contribution >= 4 is 15.9 Å². The maximum Gasteiger partial charge on any atom is 0.123 e. The molecule has 1 saturated carbocycles. The average molecular weight is 270 g/mol. The van der Waals surface area contributed by atoms with Crippen LogP contribution in [-0.4, -0.2) is 5.11 Å². The summed E-state index contributed by atoms with van der Waals surface area (Å²) in [7, 11) is 0. The van der Waals surface area contributed by atoms with Gasteiger partial charge in [-0.25, -0.2) is 0 Å². The molecular formula is C12H16BrNO. The van der Waals surface area contributed by atoms with Crippen LogP contribution in [0.3, 0.4) is 0 Å². The maximum atomic E-state index is 9.96. The van der Waals surface area contributed by atoms with Crippen molar-refractivity contribution in [3.8, 4) is 5.75 Å². The van der Waals surface area contributed by atoms with E-state index < -0.39 is 0 Å². The SMILES string of the molecule is Cc1cc(Br)cc([C@H](N)C2CCC2)c1O. The Morgan fingerprint density at radius 1 is 1.47 bits per heavy atom. The fraction of sp³-hybridized carbons (Fsp3) is 0.500. The third-order valence-electron chi connectivity index (χ3n) is 3.31. The molecule has 15 heavy (non-hydrogen) atoms. The van der Waals surface area contributed by atoms with Gasteiger partial charge in [-0.1, -0.05) is 22.4 Å². The second-order valence-electron chi connectivity index (χ2n) is 4.38. The summed E-state index contributed by atoms with van der Waals surface area (Å²) in [4.78, 5) is 0. The van der Waals surface area contributed by atoms with Gasteiger partial charge < -0.3 is 10.8 Å². The summed E-state index contributed by atoms with van der Waals surface area (Å²) >= 11 is 3.44. The zero-order valence-corrected chi connectivity index (χ0v) is 10.4. The minimum atomic E-state index is -0.0186. The predicted octanol–water partition coefficient (Wildman–Crippen LogP) is 3.26. The predicted molar refractivity (Wildman–Crippen MR) is 64.8 cm³/mol. The number of nitrogens with two attached hydrogens (primary N) is 1. The first-order chi connectivity index (χ1) is 7.09. The summed E-state index contributed by atoms with van der Waals surface area (Å²) in [6.45, 7) is 1.90. The first kappa shape index (κ1) is 11.0. The highest BCUT2D eigenvalue weighted by Gasteiger charge is 2.27. The van der Waals surface area contributed by atoms with Gasteiger partial charge in [0.15, 0.2) is 0 Å². The number of aromatic hydroxyl groups is 1. The van der Waals surface area contributed by atoms with E-state index in [-0.39, 0.29) is 6.04 Å². The van der Waals surface area contributed by atoms with E-state index in [1.165, 1.54) is 19.3 Å². The summed E-state index contributed by atoms with van der Waals surface area (Å²) in [6.07, 6.45) is 3.64. The third-order valence-corrected chi connectivity index (χ3v) is 3.77. The minimum absolute atomic E-state index is 0.0186. The quantitative estimate of drug-likeness (QED) is 0.866. The molecule has 1 aliphatic carbocycles. The van der Waals surface area contributed by atoms with E-state index in [9.17, 15) is 5.11 Å². The molecule has 0 radical (unpaired) electrons. The molecule has 1 atom stereocenters. The Morgan fingerprint density at radius 3 is 2.67 bits per heavy atom. The zero-order valence-electron chi connectivity index (χ0n) is 8.83. The molecular weight excluding hydrogens is 254 g/mol. The van der Waals surface area contributed by atoms with Crippen LogP contribution in [0.1, 0.15) is 36.4 Å². The maximum absolute atomic E-state index is 9.96. The second kappa shape index (κ2) is 4.14. The van der Waals surface area contributed by atoms with Gasteiger partial charge in [-0.3, -0.25) is 0 Å². The standard InChI is InChI=1S/C12H16BrNO/c1-7-5-9(13)6-10(12(7)15)11(14)8-3-2-4-8/h5-6,8,11,15H,2-4,14H2,1H3/t11-/m1/s1. The van der Waals surface area contributed by atoms with Crippen molar-refractivity contribution < 1.29 is 5.11 Å². The number of hydrogen-bond acceptors (Lipinski definition) is 2. The number of benzene rings is 1. The van der Waals surface area contributed by atoms with Crippen LogP contribution in [-0.2, 0) is 0 Å². The van der Waals surface area contributed by atoms with E-state index in [0.29, 0.717) is 11.7 Å². The van der Waals surface area contributed by atoms with Gasteiger partial charge in [-0.05, 0) is 43.4 Å². The Kier molecular flexibility index (Phi) is 3.03. The largest absolute Gasteiger partial charge is 0.507 e. The van der Waals surface area contributed by atoms with Gasteiger partial charge in [0.05, 0.1) is 0 Å². The number of phenolic OH excluding ortho intramolecular Hbond substituents is 1. The van der Waals surface area contributed by atoms with Gasteiger partial charge in [0.2, 0.25) is 0 Å². The number of phenols is 1. The fourth-order valence-corrected chi connectivity index (χ4v) is 2.66. The molecule has 0 saturated heterocycles. The molecule has 0 heterocycles. The molecule has 0 amide bonds. The number of rotatable bonds is 2.